The lowest BCUT2D eigenvalue weighted by molar-refractivity contribution is -0.143. The van der Waals surface area contributed by atoms with Crippen molar-refractivity contribution in [2.45, 2.75) is 334 Å². The number of esters is 1. The van der Waals surface area contributed by atoms with Gasteiger partial charge in [-0.15, -0.1) is 0 Å². The Morgan fingerprint density at radius 3 is 1.08 bits per heavy atom. The summed E-state index contributed by atoms with van der Waals surface area (Å²) in [6, 6.07) is -0.547. The molecule has 0 saturated heterocycles. The van der Waals surface area contributed by atoms with Crippen LogP contribution >= 0.6 is 0 Å². The highest BCUT2D eigenvalue weighted by atomic mass is 16.5. The molecule has 3 N–H and O–H groups in total. The molecule has 0 saturated carbocycles. The Labute approximate surface area is 411 Å². The molecule has 0 aromatic rings. The van der Waals surface area contributed by atoms with Crippen molar-refractivity contribution in [3.8, 4) is 0 Å². The topological polar surface area (TPSA) is 95.9 Å². The molecule has 0 aliphatic carbocycles. The van der Waals surface area contributed by atoms with Gasteiger partial charge in [-0.25, -0.2) is 0 Å². The summed E-state index contributed by atoms with van der Waals surface area (Å²) >= 11 is 0. The summed E-state index contributed by atoms with van der Waals surface area (Å²) in [6.07, 6.45) is 67.4. The normalized spacial score (nSPS) is 12.7. The number of nitrogens with one attached hydrogen (secondary N) is 1. The molecule has 66 heavy (non-hydrogen) atoms. The Balaban J connectivity index is 3.41. The third-order valence-corrected chi connectivity index (χ3v) is 13.7. The summed E-state index contributed by atoms with van der Waals surface area (Å²) in [7, 11) is 0. The minimum Gasteiger partial charge on any atom is -0.466 e. The zero-order valence-corrected chi connectivity index (χ0v) is 44.4. The van der Waals surface area contributed by atoms with E-state index in [1.165, 1.54) is 244 Å². The third kappa shape index (κ3) is 51.7. The van der Waals surface area contributed by atoms with E-state index in [-0.39, 0.29) is 18.5 Å². The zero-order valence-electron chi connectivity index (χ0n) is 44.4. The van der Waals surface area contributed by atoms with Gasteiger partial charge in [0.2, 0.25) is 5.91 Å². The summed E-state index contributed by atoms with van der Waals surface area (Å²) < 4.78 is 5.49. The van der Waals surface area contributed by atoms with Gasteiger partial charge < -0.3 is 20.3 Å². The number of allylic oxidation sites excluding steroid dienone is 4. The molecule has 0 fully saturated rings. The van der Waals surface area contributed by atoms with E-state index in [1.807, 2.05) is 0 Å². The van der Waals surface area contributed by atoms with Crippen LogP contribution in [0.3, 0.4) is 0 Å². The highest BCUT2D eigenvalue weighted by Gasteiger charge is 2.20. The van der Waals surface area contributed by atoms with Crippen molar-refractivity contribution in [3.63, 3.8) is 0 Å². The second-order valence-electron chi connectivity index (χ2n) is 20.3. The molecule has 0 rings (SSSR count). The number of rotatable bonds is 55. The van der Waals surface area contributed by atoms with Gasteiger partial charge in [-0.1, -0.05) is 256 Å². The molecule has 390 valence electrons. The van der Waals surface area contributed by atoms with Gasteiger partial charge in [-0.3, -0.25) is 9.59 Å². The molecule has 0 bridgehead atoms. The maximum atomic E-state index is 12.4. The lowest BCUT2D eigenvalue weighted by Gasteiger charge is -2.22. The maximum Gasteiger partial charge on any atom is 0.305 e. The molecule has 1 amide bonds. The predicted molar refractivity (Wildman–Crippen MR) is 287 cm³/mol. The maximum absolute atomic E-state index is 12.4. The van der Waals surface area contributed by atoms with Crippen LogP contribution in [0.5, 0.6) is 0 Å². The lowest BCUT2D eigenvalue weighted by Crippen LogP contribution is -2.45. The van der Waals surface area contributed by atoms with Gasteiger partial charge in [-0.2, -0.15) is 0 Å². The number of hydrogen-bond donors (Lipinski definition) is 3. The molecule has 0 radical (unpaired) electrons. The molecule has 2 unspecified atom stereocenters. The molecule has 2 atom stereocenters. The van der Waals surface area contributed by atoms with E-state index in [0.717, 1.165) is 44.9 Å². The minimum atomic E-state index is -0.669. The van der Waals surface area contributed by atoms with Crippen molar-refractivity contribution in [1.82, 2.24) is 5.32 Å². The number of aliphatic hydroxyl groups excluding tert-OH is 2. The van der Waals surface area contributed by atoms with Crippen LogP contribution < -0.4 is 5.32 Å². The monoisotopic (exact) mass is 930 g/mol. The number of amides is 1. The first-order valence-corrected chi connectivity index (χ1v) is 29.6. The van der Waals surface area contributed by atoms with Gasteiger partial charge in [0, 0.05) is 12.8 Å². The van der Waals surface area contributed by atoms with E-state index in [9.17, 15) is 19.8 Å². The Morgan fingerprint density at radius 2 is 0.712 bits per heavy atom. The van der Waals surface area contributed by atoms with Crippen molar-refractivity contribution >= 4 is 11.9 Å². The average molecular weight is 931 g/mol. The highest BCUT2D eigenvalue weighted by molar-refractivity contribution is 5.76. The SMILES string of the molecule is CCCCCCCCC/C=C\CCCCCCCCCC(=O)OCCCCCCCCCC/C=C\CCCCCCCCCC(=O)NC(CO)C(O)CCCCCCCCCCCCCC. The van der Waals surface area contributed by atoms with Crippen LogP contribution in [-0.4, -0.2) is 47.4 Å². The second kappa shape index (κ2) is 55.9. The van der Waals surface area contributed by atoms with E-state index in [1.54, 1.807) is 0 Å². The molecule has 0 aromatic carbocycles. The average Bonchev–Trinajstić information content (AvgIpc) is 3.32. The molecule has 0 aliphatic rings. The second-order valence-corrected chi connectivity index (χ2v) is 20.3. The molecule has 6 heteroatoms. The van der Waals surface area contributed by atoms with E-state index < -0.39 is 12.1 Å². The minimum absolute atomic E-state index is 0.00123. The summed E-state index contributed by atoms with van der Waals surface area (Å²) in [5.74, 6) is -0.0434. The van der Waals surface area contributed by atoms with Crippen molar-refractivity contribution in [2.75, 3.05) is 13.2 Å². The number of hydrogen-bond acceptors (Lipinski definition) is 5. The molecule has 0 aliphatic heterocycles. The first-order chi connectivity index (χ1) is 32.5. The van der Waals surface area contributed by atoms with Crippen LogP contribution in [0.15, 0.2) is 24.3 Å². The first kappa shape index (κ1) is 64.3. The Hall–Kier alpha value is -1.66. The molecular formula is C60H115NO5. The number of aliphatic hydroxyl groups is 2. The Kier molecular flexibility index (Phi) is 54.5. The fraction of sp³-hybridized carbons (Fsp3) is 0.900. The lowest BCUT2D eigenvalue weighted by atomic mass is 10.0. The van der Waals surface area contributed by atoms with Crippen LogP contribution in [0.25, 0.3) is 0 Å². The van der Waals surface area contributed by atoms with Crippen LogP contribution in [-0.2, 0) is 14.3 Å². The smallest absolute Gasteiger partial charge is 0.305 e. The van der Waals surface area contributed by atoms with E-state index in [0.29, 0.717) is 25.9 Å². The number of carbonyl (C=O) groups excluding carboxylic acids is 2. The fourth-order valence-corrected chi connectivity index (χ4v) is 9.16. The van der Waals surface area contributed by atoms with Crippen molar-refractivity contribution in [1.29, 1.82) is 0 Å². The molecular weight excluding hydrogens is 815 g/mol. The summed E-state index contributed by atoms with van der Waals surface area (Å²) in [5, 5.41) is 23.2. The zero-order chi connectivity index (χ0) is 47.9. The highest BCUT2D eigenvalue weighted by Crippen LogP contribution is 2.17. The standard InChI is InChI=1S/C60H115NO5/c1-3-5-7-9-11-13-15-17-18-19-24-27-30-34-38-42-46-50-54-60(65)66-55-51-47-43-39-35-31-28-25-22-20-21-23-26-29-33-37-41-45-49-53-59(64)61-57(56-62)58(63)52-48-44-40-36-32-16-14-12-10-8-6-4-2/h18-21,57-58,62-63H,3-17,22-56H2,1-2H3,(H,61,64)/b19-18-,21-20-. The van der Waals surface area contributed by atoms with E-state index in [4.69, 9.17) is 4.74 Å². The third-order valence-electron chi connectivity index (χ3n) is 13.7. The number of carbonyl (C=O) groups is 2. The van der Waals surface area contributed by atoms with Crippen LogP contribution in [0.2, 0.25) is 0 Å². The van der Waals surface area contributed by atoms with E-state index >= 15 is 0 Å². The predicted octanol–water partition coefficient (Wildman–Crippen LogP) is 18.2. The van der Waals surface area contributed by atoms with Crippen LogP contribution in [0.4, 0.5) is 0 Å². The van der Waals surface area contributed by atoms with Gasteiger partial charge in [0.1, 0.15) is 0 Å². The van der Waals surface area contributed by atoms with Crippen molar-refractivity contribution in [3.05, 3.63) is 24.3 Å². The Morgan fingerprint density at radius 1 is 0.409 bits per heavy atom. The van der Waals surface area contributed by atoms with Gasteiger partial charge in [0.15, 0.2) is 0 Å². The summed E-state index contributed by atoms with van der Waals surface area (Å²) in [5.41, 5.74) is 0. The number of ether oxygens (including phenoxy) is 1. The van der Waals surface area contributed by atoms with Crippen molar-refractivity contribution < 1.29 is 24.5 Å². The Bertz CT molecular complexity index is 1030. The first-order valence-electron chi connectivity index (χ1n) is 29.6. The number of unbranched alkanes of at least 4 members (excludes halogenated alkanes) is 40. The van der Waals surface area contributed by atoms with Gasteiger partial charge in [0.25, 0.3) is 0 Å². The van der Waals surface area contributed by atoms with Crippen molar-refractivity contribution in [2.24, 2.45) is 0 Å². The van der Waals surface area contributed by atoms with E-state index in [2.05, 4.69) is 43.5 Å². The van der Waals surface area contributed by atoms with Crippen LogP contribution in [0, 0.1) is 0 Å². The van der Waals surface area contributed by atoms with Gasteiger partial charge >= 0.3 is 5.97 Å². The molecule has 6 nitrogen and oxygen atoms in total. The quantitative estimate of drug-likeness (QED) is 0.0321. The van der Waals surface area contributed by atoms with Crippen LogP contribution in [0.1, 0.15) is 322 Å². The fourth-order valence-electron chi connectivity index (χ4n) is 9.16. The molecule has 0 aromatic heterocycles. The van der Waals surface area contributed by atoms with Gasteiger partial charge in [0.05, 0.1) is 25.4 Å². The largest absolute Gasteiger partial charge is 0.466 e. The van der Waals surface area contributed by atoms with Gasteiger partial charge in [-0.05, 0) is 77.0 Å². The molecule has 0 heterocycles. The molecule has 0 spiro atoms. The summed E-state index contributed by atoms with van der Waals surface area (Å²) in [4.78, 5) is 24.5. The summed E-state index contributed by atoms with van der Waals surface area (Å²) in [6.45, 7) is 4.94.